The number of thiol groups is 2. The molecule has 0 radical (unpaired) electrons. The van der Waals surface area contributed by atoms with Gasteiger partial charge in [0, 0.05) is 59.6 Å². The van der Waals surface area contributed by atoms with Crippen LogP contribution in [0.15, 0.2) is 0 Å². The summed E-state index contributed by atoms with van der Waals surface area (Å²) in [6, 6.07) is 0. The summed E-state index contributed by atoms with van der Waals surface area (Å²) in [6.07, 6.45) is 2.05. The third kappa shape index (κ3) is 6.33. The number of ether oxygens (including phenoxy) is 2. The number of hydrogen-bond acceptors (Lipinski definition) is 8. The highest BCUT2D eigenvalue weighted by Gasteiger charge is 2.47. The average molecular weight is 475 g/mol. The Morgan fingerprint density at radius 3 is 1.16 bits per heavy atom. The number of hydrogen-bond donors (Lipinski definition) is 2. The normalized spacial score (nSPS) is 26.4. The minimum Gasteiger partial charge on any atom is -0.462 e. The lowest BCUT2D eigenvalue weighted by atomic mass is 9.78. The summed E-state index contributed by atoms with van der Waals surface area (Å²) in [5.74, 6) is 0.275. The van der Waals surface area contributed by atoms with E-state index in [1.54, 1.807) is 0 Å². The highest BCUT2D eigenvalue weighted by atomic mass is 32.1. The standard InChI is InChI=1S/C23H42N2O4S2/c1-20(2)10-16(11-21(3,4)24(20)14-30)28-18(26)9-19(27)29-17-12-22(5,6)25(15-31)23(7,8)13-17/h16-17,30-31H,9-15H2,1-8H3. The predicted octanol–water partition coefficient (Wildman–Crippen LogP) is 4.28. The fourth-order valence-electron chi connectivity index (χ4n) is 5.96. The van der Waals surface area contributed by atoms with Crippen LogP contribution >= 0.6 is 25.3 Å². The van der Waals surface area contributed by atoms with E-state index in [0.717, 1.165) is 0 Å². The molecule has 0 saturated carbocycles. The van der Waals surface area contributed by atoms with E-state index in [4.69, 9.17) is 9.47 Å². The van der Waals surface area contributed by atoms with Gasteiger partial charge in [0.05, 0.1) is 0 Å². The Labute approximate surface area is 199 Å². The molecule has 0 aromatic heterocycles. The summed E-state index contributed by atoms with van der Waals surface area (Å²) in [5, 5.41) is 0. The third-order valence-electron chi connectivity index (χ3n) is 7.00. The smallest absolute Gasteiger partial charge is 0.317 e. The van der Waals surface area contributed by atoms with Gasteiger partial charge in [-0.05, 0) is 55.4 Å². The Morgan fingerprint density at radius 2 is 0.935 bits per heavy atom. The number of nitrogens with zero attached hydrogens (tertiary/aromatic N) is 2. The Balaban J connectivity index is 1.93. The molecule has 0 unspecified atom stereocenters. The van der Waals surface area contributed by atoms with Crippen LogP contribution < -0.4 is 0 Å². The minimum atomic E-state index is -0.507. The zero-order valence-electron chi connectivity index (χ0n) is 20.5. The zero-order valence-corrected chi connectivity index (χ0v) is 22.3. The number of likely N-dealkylation sites (tertiary alicyclic amines) is 2. The number of carbonyl (C=O) groups excluding carboxylic acids is 2. The highest BCUT2D eigenvalue weighted by molar-refractivity contribution is 7.80. The van der Waals surface area contributed by atoms with Gasteiger partial charge >= 0.3 is 11.9 Å². The predicted molar refractivity (Wildman–Crippen MR) is 131 cm³/mol. The quantitative estimate of drug-likeness (QED) is 0.340. The van der Waals surface area contributed by atoms with Gasteiger partial charge in [-0.25, -0.2) is 0 Å². The van der Waals surface area contributed by atoms with Crippen molar-refractivity contribution in [3.05, 3.63) is 0 Å². The maximum Gasteiger partial charge on any atom is 0.317 e. The van der Waals surface area contributed by atoms with E-state index >= 15 is 0 Å². The summed E-state index contributed by atoms with van der Waals surface area (Å²) in [5.41, 5.74) is -0.583. The van der Waals surface area contributed by atoms with E-state index in [0.29, 0.717) is 37.4 Å². The number of rotatable bonds is 6. The first-order valence-electron chi connectivity index (χ1n) is 11.2. The summed E-state index contributed by atoms with van der Waals surface area (Å²) < 4.78 is 11.4. The lowest BCUT2D eigenvalue weighted by Crippen LogP contribution is -2.62. The van der Waals surface area contributed by atoms with Gasteiger partial charge < -0.3 is 9.47 Å². The van der Waals surface area contributed by atoms with Crippen molar-refractivity contribution in [1.82, 2.24) is 9.80 Å². The molecule has 0 amide bonds. The molecule has 2 aliphatic heterocycles. The lowest BCUT2D eigenvalue weighted by molar-refractivity contribution is -0.169. The Hall–Kier alpha value is -0.440. The molecule has 6 nitrogen and oxygen atoms in total. The van der Waals surface area contributed by atoms with E-state index in [9.17, 15) is 9.59 Å². The topological polar surface area (TPSA) is 59.1 Å². The maximum absolute atomic E-state index is 12.5. The molecule has 8 heteroatoms. The largest absolute Gasteiger partial charge is 0.462 e. The first-order chi connectivity index (χ1) is 14.0. The van der Waals surface area contributed by atoms with Crippen molar-refractivity contribution < 1.29 is 19.1 Å². The Kier molecular flexibility index (Phi) is 8.16. The fourth-order valence-corrected chi connectivity index (χ4v) is 7.49. The molecule has 0 N–H and O–H groups in total. The van der Waals surface area contributed by atoms with Crippen molar-refractivity contribution in [2.24, 2.45) is 0 Å². The van der Waals surface area contributed by atoms with E-state index in [1.165, 1.54) is 0 Å². The molecular formula is C23H42N2O4S2. The van der Waals surface area contributed by atoms with Gasteiger partial charge in [-0.2, -0.15) is 25.3 Å². The molecular weight excluding hydrogens is 432 g/mol. The number of carbonyl (C=O) groups is 2. The molecule has 180 valence electrons. The molecule has 2 aliphatic rings. The fraction of sp³-hybridized carbons (Fsp3) is 0.913. The van der Waals surface area contributed by atoms with Gasteiger partial charge in [-0.3, -0.25) is 19.4 Å². The van der Waals surface area contributed by atoms with Gasteiger partial charge in [0.2, 0.25) is 0 Å². The second-order valence-corrected chi connectivity index (χ2v) is 12.2. The number of piperidine rings is 2. The van der Waals surface area contributed by atoms with Crippen LogP contribution in [-0.4, -0.2) is 67.9 Å². The first-order valence-corrected chi connectivity index (χ1v) is 12.5. The molecule has 0 aromatic rings. The average Bonchev–Trinajstić information content (AvgIpc) is 2.49. The molecule has 31 heavy (non-hydrogen) atoms. The number of esters is 2. The molecule has 0 aromatic carbocycles. The molecule has 0 aliphatic carbocycles. The van der Waals surface area contributed by atoms with Crippen LogP contribution in [0.2, 0.25) is 0 Å². The molecule has 2 saturated heterocycles. The van der Waals surface area contributed by atoms with Crippen LogP contribution in [-0.2, 0) is 19.1 Å². The second kappa shape index (κ2) is 9.43. The van der Waals surface area contributed by atoms with Crippen molar-refractivity contribution in [2.75, 3.05) is 11.8 Å². The van der Waals surface area contributed by atoms with E-state index in [2.05, 4.69) is 90.4 Å². The summed E-state index contributed by atoms with van der Waals surface area (Å²) in [4.78, 5) is 29.7. The summed E-state index contributed by atoms with van der Waals surface area (Å²) in [6.45, 7) is 17.1. The molecule has 2 fully saturated rings. The Bertz CT molecular complexity index is 586. The van der Waals surface area contributed by atoms with Crippen LogP contribution in [0.1, 0.15) is 87.5 Å². The van der Waals surface area contributed by atoms with E-state index in [-0.39, 0.29) is 40.8 Å². The van der Waals surface area contributed by atoms with E-state index < -0.39 is 11.9 Å². The lowest BCUT2D eigenvalue weighted by Gasteiger charge is -2.54. The van der Waals surface area contributed by atoms with Gasteiger partial charge in [0.1, 0.15) is 18.6 Å². The highest BCUT2D eigenvalue weighted by Crippen LogP contribution is 2.41. The molecule has 0 atom stereocenters. The van der Waals surface area contributed by atoms with Crippen LogP contribution in [0.3, 0.4) is 0 Å². The minimum absolute atomic E-state index is 0.146. The first kappa shape index (κ1) is 26.8. The maximum atomic E-state index is 12.5. The second-order valence-electron chi connectivity index (χ2n) is 11.6. The van der Waals surface area contributed by atoms with Crippen molar-refractivity contribution >= 4 is 37.2 Å². The molecule has 0 bridgehead atoms. The van der Waals surface area contributed by atoms with Crippen molar-refractivity contribution in [1.29, 1.82) is 0 Å². The molecule has 2 rings (SSSR count). The van der Waals surface area contributed by atoms with Crippen LogP contribution in [0.5, 0.6) is 0 Å². The van der Waals surface area contributed by atoms with Gasteiger partial charge in [-0.15, -0.1) is 0 Å². The van der Waals surface area contributed by atoms with Gasteiger partial charge in [0.25, 0.3) is 0 Å². The van der Waals surface area contributed by atoms with Crippen LogP contribution in [0.25, 0.3) is 0 Å². The van der Waals surface area contributed by atoms with Gasteiger partial charge in [0.15, 0.2) is 0 Å². The molecule has 2 heterocycles. The van der Waals surface area contributed by atoms with Crippen LogP contribution in [0.4, 0.5) is 0 Å². The Morgan fingerprint density at radius 1 is 0.677 bits per heavy atom. The van der Waals surface area contributed by atoms with Crippen molar-refractivity contribution in [3.8, 4) is 0 Å². The van der Waals surface area contributed by atoms with Crippen LogP contribution in [0, 0.1) is 0 Å². The van der Waals surface area contributed by atoms with E-state index in [1.807, 2.05) is 0 Å². The third-order valence-corrected chi connectivity index (χ3v) is 7.57. The SMILES string of the molecule is CC1(C)CC(OC(=O)CC(=O)OC2CC(C)(C)N(CS)C(C)(C)C2)CC(C)(C)N1CS. The zero-order chi connectivity index (χ0) is 23.8. The van der Waals surface area contributed by atoms with Crippen molar-refractivity contribution in [2.45, 2.75) is 122 Å². The molecule has 0 spiro atoms. The summed E-state index contributed by atoms with van der Waals surface area (Å²) in [7, 11) is 0. The summed E-state index contributed by atoms with van der Waals surface area (Å²) >= 11 is 8.97. The van der Waals surface area contributed by atoms with Crippen molar-refractivity contribution in [3.63, 3.8) is 0 Å². The van der Waals surface area contributed by atoms with Gasteiger partial charge in [-0.1, -0.05) is 0 Å². The monoisotopic (exact) mass is 474 g/mol.